The van der Waals surface area contributed by atoms with Gasteiger partial charge in [-0.25, -0.2) is 0 Å². The van der Waals surface area contributed by atoms with Crippen LogP contribution in [0.1, 0.15) is 17.0 Å². The van der Waals surface area contributed by atoms with Crippen molar-refractivity contribution in [2.45, 2.75) is 25.1 Å². The summed E-state index contributed by atoms with van der Waals surface area (Å²) in [7, 11) is 3.23. The van der Waals surface area contributed by atoms with Crippen LogP contribution in [0.4, 0.5) is 0 Å². The van der Waals surface area contributed by atoms with Crippen molar-refractivity contribution in [1.29, 1.82) is 0 Å². The summed E-state index contributed by atoms with van der Waals surface area (Å²) in [5.74, 6) is 2.23. The molecule has 0 spiro atoms. The van der Waals surface area contributed by atoms with Gasteiger partial charge in [0.15, 0.2) is 11.5 Å². The number of fused-ring (bicyclic) bond motifs is 1. The molecule has 1 aliphatic rings. The lowest BCUT2D eigenvalue weighted by atomic mass is 9.99. The second kappa shape index (κ2) is 7.12. The molecule has 0 radical (unpaired) electrons. The number of carbonyl (C=O) groups excluding carboxylic acids is 1. The topological polar surface area (TPSA) is 77.7 Å². The molecule has 0 atom stereocenters. The van der Waals surface area contributed by atoms with Gasteiger partial charge in [-0.05, 0) is 29.7 Å². The van der Waals surface area contributed by atoms with Crippen LogP contribution >= 0.6 is 11.8 Å². The van der Waals surface area contributed by atoms with Crippen LogP contribution in [0.2, 0.25) is 0 Å². The number of aromatic nitrogens is 2. The number of methoxy groups -OCH3 is 2. The molecule has 3 rings (SSSR count). The Morgan fingerprint density at radius 3 is 2.58 bits per heavy atom. The summed E-state index contributed by atoms with van der Waals surface area (Å²) in [6.45, 7) is 2.98. The molecule has 2 heterocycles. The van der Waals surface area contributed by atoms with E-state index in [2.05, 4.69) is 10.2 Å². The first-order valence-corrected chi connectivity index (χ1v) is 8.53. The first-order chi connectivity index (χ1) is 11.6. The van der Waals surface area contributed by atoms with E-state index in [1.165, 1.54) is 17.3 Å². The molecule has 0 fully saturated rings. The first-order valence-electron chi connectivity index (χ1n) is 7.55. The standard InChI is InChI=1S/C16H19N3O4S/c1-10-17-18-16(23-10)24-9-15(20)19-5-4-11-6-13(21-2)14(22-3)7-12(11)8-19/h6-7H,4-5,8-9H2,1-3H3. The van der Waals surface area contributed by atoms with E-state index in [1.54, 1.807) is 21.1 Å². The second-order valence-corrected chi connectivity index (χ2v) is 6.34. The number of rotatable bonds is 5. The monoisotopic (exact) mass is 349 g/mol. The lowest BCUT2D eigenvalue weighted by Crippen LogP contribution is -2.37. The highest BCUT2D eigenvalue weighted by Crippen LogP contribution is 2.33. The maximum Gasteiger partial charge on any atom is 0.277 e. The van der Waals surface area contributed by atoms with Gasteiger partial charge >= 0.3 is 0 Å². The summed E-state index contributed by atoms with van der Waals surface area (Å²) in [6, 6.07) is 3.94. The average Bonchev–Trinajstić information content (AvgIpc) is 3.03. The van der Waals surface area contributed by atoms with Gasteiger partial charge < -0.3 is 18.8 Å². The summed E-state index contributed by atoms with van der Waals surface area (Å²) in [6.07, 6.45) is 0.797. The fourth-order valence-electron chi connectivity index (χ4n) is 2.65. The number of nitrogens with zero attached hydrogens (tertiary/aromatic N) is 3. The number of benzene rings is 1. The normalized spacial score (nSPS) is 13.5. The third kappa shape index (κ3) is 3.48. The Bertz CT molecular complexity index is 747. The fraction of sp³-hybridized carbons (Fsp3) is 0.438. The van der Waals surface area contributed by atoms with Crippen LogP contribution in [-0.2, 0) is 17.8 Å². The third-order valence-electron chi connectivity index (χ3n) is 3.90. The van der Waals surface area contributed by atoms with Gasteiger partial charge in [-0.3, -0.25) is 4.79 Å². The molecule has 0 bridgehead atoms. The van der Waals surface area contributed by atoms with Gasteiger partial charge in [0.2, 0.25) is 11.8 Å². The predicted molar refractivity (Wildman–Crippen MR) is 88.4 cm³/mol. The minimum absolute atomic E-state index is 0.0521. The van der Waals surface area contributed by atoms with Crippen LogP contribution in [-0.4, -0.2) is 47.5 Å². The van der Waals surface area contributed by atoms with Crippen LogP contribution in [0.25, 0.3) is 0 Å². The lowest BCUT2D eigenvalue weighted by molar-refractivity contribution is -0.129. The summed E-state index contributed by atoms with van der Waals surface area (Å²) in [4.78, 5) is 14.3. The maximum absolute atomic E-state index is 12.4. The van der Waals surface area contributed by atoms with Gasteiger partial charge in [-0.15, -0.1) is 10.2 Å². The van der Waals surface area contributed by atoms with E-state index in [0.29, 0.717) is 30.0 Å². The molecule has 1 aromatic heterocycles. The van der Waals surface area contributed by atoms with Crippen molar-refractivity contribution in [1.82, 2.24) is 15.1 Å². The Morgan fingerprint density at radius 2 is 1.96 bits per heavy atom. The quantitative estimate of drug-likeness (QED) is 0.765. The Morgan fingerprint density at radius 1 is 1.25 bits per heavy atom. The van der Waals surface area contributed by atoms with Gasteiger partial charge in [0, 0.05) is 20.0 Å². The number of hydrogen-bond acceptors (Lipinski definition) is 7. The zero-order valence-corrected chi connectivity index (χ0v) is 14.7. The lowest BCUT2D eigenvalue weighted by Gasteiger charge is -2.29. The molecule has 0 N–H and O–H groups in total. The fourth-order valence-corrected chi connectivity index (χ4v) is 3.36. The Balaban J connectivity index is 1.66. The van der Waals surface area contributed by atoms with Crippen molar-refractivity contribution in [3.05, 3.63) is 29.2 Å². The van der Waals surface area contributed by atoms with Crippen molar-refractivity contribution >= 4 is 17.7 Å². The molecular formula is C16H19N3O4S. The number of ether oxygens (including phenoxy) is 2. The number of carbonyl (C=O) groups is 1. The zero-order chi connectivity index (χ0) is 17.1. The highest BCUT2D eigenvalue weighted by molar-refractivity contribution is 7.99. The molecule has 24 heavy (non-hydrogen) atoms. The summed E-state index contributed by atoms with van der Waals surface area (Å²) in [5, 5.41) is 8.06. The average molecular weight is 349 g/mol. The highest BCUT2D eigenvalue weighted by atomic mass is 32.2. The van der Waals surface area contributed by atoms with E-state index >= 15 is 0 Å². The Kier molecular flexibility index (Phi) is 4.94. The maximum atomic E-state index is 12.4. The van der Waals surface area contributed by atoms with Crippen molar-refractivity contribution in [3.8, 4) is 11.5 Å². The van der Waals surface area contributed by atoms with E-state index in [1.807, 2.05) is 17.0 Å². The molecule has 1 aliphatic heterocycles. The third-order valence-corrected chi connectivity index (χ3v) is 4.70. The minimum Gasteiger partial charge on any atom is -0.493 e. The Labute approximate surface area is 144 Å². The number of hydrogen-bond donors (Lipinski definition) is 0. The van der Waals surface area contributed by atoms with Crippen molar-refractivity contribution in [2.75, 3.05) is 26.5 Å². The van der Waals surface area contributed by atoms with Gasteiger partial charge in [0.05, 0.1) is 20.0 Å². The number of aryl methyl sites for hydroxylation is 1. The molecule has 0 aliphatic carbocycles. The van der Waals surface area contributed by atoms with Crippen LogP contribution in [0.3, 0.4) is 0 Å². The van der Waals surface area contributed by atoms with E-state index in [0.717, 1.165) is 17.7 Å². The van der Waals surface area contributed by atoms with Gasteiger partial charge in [0.25, 0.3) is 5.22 Å². The summed E-state index contributed by atoms with van der Waals surface area (Å²) >= 11 is 1.26. The van der Waals surface area contributed by atoms with Crippen molar-refractivity contribution in [3.63, 3.8) is 0 Å². The van der Waals surface area contributed by atoms with E-state index in [4.69, 9.17) is 13.9 Å². The van der Waals surface area contributed by atoms with Gasteiger partial charge in [-0.1, -0.05) is 11.8 Å². The Hall–Kier alpha value is -2.22. The van der Waals surface area contributed by atoms with Crippen molar-refractivity contribution < 1.29 is 18.7 Å². The van der Waals surface area contributed by atoms with E-state index < -0.39 is 0 Å². The molecule has 1 amide bonds. The van der Waals surface area contributed by atoms with Crippen LogP contribution in [0.5, 0.6) is 11.5 Å². The van der Waals surface area contributed by atoms with E-state index in [9.17, 15) is 4.79 Å². The summed E-state index contributed by atoms with van der Waals surface area (Å²) < 4.78 is 16.0. The van der Waals surface area contributed by atoms with Gasteiger partial charge in [-0.2, -0.15) is 0 Å². The SMILES string of the molecule is COc1cc2c(cc1OC)CN(C(=O)CSc1nnc(C)o1)CC2. The molecular weight excluding hydrogens is 330 g/mol. The van der Waals surface area contributed by atoms with Crippen LogP contribution in [0, 0.1) is 6.92 Å². The first kappa shape index (κ1) is 16.6. The predicted octanol–water partition coefficient (Wildman–Crippen LogP) is 2.07. The molecule has 128 valence electrons. The molecule has 0 saturated heterocycles. The molecule has 7 nitrogen and oxygen atoms in total. The largest absolute Gasteiger partial charge is 0.493 e. The number of amides is 1. The smallest absolute Gasteiger partial charge is 0.277 e. The molecule has 0 unspecified atom stereocenters. The van der Waals surface area contributed by atoms with Crippen LogP contribution in [0.15, 0.2) is 21.8 Å². The molecule has 2 aromatic rings. The van der Waals surface area contributed by atoms with Crippen molar-refractivity contribution in [2.24, 2.45) is 0 Å². The minimum atomic E-state index is 0.0521. The van der Waals surface area contributed by atoms with Crippen LogP contribution < -0.4 is 9.47 Å². The van der Waals surface area contributed by atoms with Gasteiger partial charge in [0.1, 0.15) is 0 Å². The van der Waals surface area contributed by atoms with E-state index in [-0.39, 0.29) is 11.7 Å². The molecule has 1 aromatic carbocycles. The second-order valence-electron chi connectivity index (χ2n) is 5.42. The number of thioether (sulfide) groups is 1. The molecule has 0 saturated carbocycles. The molecule has 8 heteroatoms. The summed E-state index contributed by atoms with van der Waals surface area (Å²) in [5.41, 5.74) is 2.28. The zero-order valence-electron chi connectivity index (χ0n) is 13.9. The highest BCUT2D eigenvalue weighted by Gasteiger charge is 2.23.